The Morgan fingerprint density at radius 3 is 2.61 bits per heavy atom. The number of hydrazine groups is 1. The molecule has 1 heterocycles. The molecular formula is C16H20N4O3. The van der Waals surface area contributed by atoms with Crippen molar-refractivity contribution < 1.29 is 14.3 Å². The van der Waals surface area contributed by atoms with Crippen molar-refractivity contribution in [3.8, 4) is 0 Å². The van der Waals surface area contributed by atoms with Crippen LogP contribution in [0.3, 0.4) is 0 Å². The van der Waals surface area contributed by atoms with E-state index < -0.39 is 5.97 Å². The number of amides is 1. The van der Waals surface area contributed by atoms with Crippen LogP contribution in [-0.4, -0.2) is 28.8 Å². The smallest absolute Gasteiger partial charge is 0.338 e. The van der Waals surface area contributed by atoms with E-state index in [-0.39, 0.29) is 11.9 Å². The number of methoxy groups -OCH3 is 1. The quantitative estimate of drug-likeness (QED) is 0.653. The summed E-state index contributed by atoms with van der Waals surface area (Å²) in [7, 11) is 1.33. The molecule has 0 fully saturated rings. The maximum Gasteiger partial charge on any atom is 0.338 e. The van der Waals surface area contributed by atoms with Gasteiger partial charge in [-0.2, -0.15) is 5.10 Å². The standard InChI is InChI=1S/C16H20N4O3/c1-10(2)20-8-7-14(19-20)15(21)18-17-12-6-5-11(3)13(9-12)16(22)23-4/h5-10,17H,1-4H3,(H,18,21). The first-order valence-corrected chi connectivity index (χ1v) is 7.23. The van der Waals surface area contributed by atoms with Crippen LogP contribution >= 0.6 is 0 Å². The van der Waals surface area contributed by atoms with Crippen molar-refractivity contribution >= 4 is 17.6 Å². The van der Waals surface area contributed by atoms with Crippen LogP contribution in [0.2, 0.25) is 0 Å². The fourth-order valence-electron chi connectivity index (χ4n) is 1.97. The van der Waals surface area contributed by atoms with Gasteiger partial charge in [0.2, 0.25) is 0 Å². The summed E-state index contributed by atoms with van der Waals surface area (Å²) in [5, 5.41) is 4.19. The molecule has 0 spiro atoms. The van der Waals surface area contributed by atoms with Gasteiger partial charge >= 0.3 is 5.97 Å². The van der Waals surface area contributed by atoms with Crippen LogP contribution in [0.25, 0.3) is 0 Å². The van der Waals surface area contributed by atoms with Crippen molar-refractivity contribution in [1.29, 1.82) is 0 Å². The van der Waals surface area contributed by atoms with Crippen molar-refractivity contribution in [2.75, 3.05) is 12.5 Å². The second kappa shape index (κ2) is 6.95. The van der Waals surface area contributed by atoms with Crippen molar-refractivity contribution in [1.82, 2.24) is 15.2 Å². The summed E-state index contributed by atoms with van der Waals surface area (Å²) in [6.45, 7) is 5.77. The number of nitrogens with zero attached hydrogens (tertiary/aromatic N) is 2. The molecule has 2 N–H and O–H groups in total. The molecule has 122 valence electrons. The lowest BCUT2D eigenvalue weighted by atomic mass is 10.1. The largest absolute Gasteiger partial charge is 0.465 e. The molecule has 0 aliphatic rings. The van der Waals surface area contributed by atoms with Gasteiger partial charge in [-0.05, 0) is 44.5 Å². The van der Waals surface area contributed by atoms with Crippen molar-refractivity contribution in [3.05, 3.63) is 47.3 Å². The lowest BCUT2D eigenvalue weighted by Gasteiger charge is -2.10. The number of hydrogen-bond acceptors (Lipinski definition) is 5. The third kappa shape index (κ3) is 3.88. The highest BCUT2D eigenvalue weighted by Gasteiger charge is 2.12. The van der Waals surface area contributed by atoms with Crippen LogP contribution < -0.4 is 10.9 Å². The number of nitrogens with one attached hydrogen (secondary N) is 2. The molecule has 2 aromatic rings. The predicted octanol–water partition coefficient (Wildman–Crippen LogP) is 2.32. The number of esters is 1. The molecule has 0 bridgehead atoms. The van der Waals surface area contributed by atoms with Crippen molar-refractivity contribution in [2.24, 2.45) is 0 Å². The average molecular weight is 316 g/mol. The van der Waals surface area contributed by atoms with E-state index in [4.69, 9.17) is 4.74 Å². The summed E-state index contributed by atoms with van der Waals surface area (Å²) in [4.78, 5) is 23.7. The molecule has 2 rings (SSSR count). The zero-order valence-corrected chi connectivity index (χ0v) is 13.6. The first-order chi connectivity index (χ1) is 10.9. The minimum atomic E-state index is -0.423. The molecule has 23 heavy (non-hydrogen) atoms. The first-order valence-electron chi connectivity index (χ1n) is 7.23. The summed E-state index contributed by atoms with van der Waals surface area (Å²) < 4.78 is 6.43. The predicted molar refractivity (Wildman–Crippen MR) is 86.2 cm³/mol. The Labute approximate surface area is 134 Å². The molecule has 7 nitrogen and oxygen atoms in total. The van der Waals surface area contributed by atoms with Gasteiger partial charge in [0.15, 0.2) is 5.69 Å². The van der Waals surface area contributed by atoms with E-state index in [0.717, 1.165) is 5.56 Å². The highest BCUT2D eigenvalue weighted by atomic mass is 16.5. The van der Waals surface area contributed by atoms with E-state index in [1.165, 1.54) is 7.11 Å². The lowest BCUT2D eigenvalue weighted by molar-refractivity contribution is 0.0600. The van der Waals surface area contributed by atoms with Gasteiger partial charge in [-0.1, -0.05) is 6.07 Å². The second-order valence-corrected chi connectivity index (χ2v) is 5.38. The molecule has 0 atom stereocenters. The van der Waals surface area contributed by atoms with Crippen LogP contribution in [0.1, 0.15) is 46.3 Å². The third-order valence-corrected chi connectivity index (χ3v) is 3.33. The van der Waals surface area contributed by atoms with Gasteiger partial charge in [0.1, 0.15) is 0 Å². The number of aromatic nitrogens is 2. The van der Waals surface area contributed by atoms with Gasteiger partial charge in [0.25, 0.3) is 5.91 Å². The number of anilines is 1. The van der Waals surface area contributed by atoms with E-state index in [2.05, 4.69) is 16.0 Å². The fourth-order valence-corrected chi connectivity index (χ4v) is 1.97. The Bertz CT molecular complexity index is 722. The van der Waals surface area contributed by atoms with Crippen LogP contribution in [-0.2, 0) is 4.74 Å². The van der Waals surface area contributed by atoms with Gasteiger partial charge < -0.3 is 4.74 Å². The Hall–Kier alpha value is -2.83. The SMILES string of the molecule is COC(=O)c1cc(NNC(=O)c2ccn(C(C)C)n2)ccc1C. The number of ether oxygens (including phenoxy) is 1. The van der Waals surface area contributed by atoms with Crippen LogP contribution in [0, 0.1) is 6.92 Å². The molecule has 0 radical (unpaired) electrons. The third-order valence-electron chi connectivity index (χ3n) is 3.33. The summed E-state index contributed by atoms with van der Waals surface area (Å²) in [6.07, 6.45) is 1.75. The van der Waals surface area contributed by atoms with Gasteiger partial charge in [0.05, 0.1) is 18.4 Å². The van der Waals surface area contributed by atoms with E-state index in [1.807, 2.05) is 20.8 Å². The Kier molecular flexibility index (Phi) is 5.00. The first kappa shape index (κ1) is 16.5. The minimum Gasteiger partial charge on any atom is -0.465 e. The van der Waals surface area contributed by atoms with Crippen molar-refractivity contribution in [3.63, 3.8) is 0 Å². The van der Waals surface area contributed by atoms with Gasteiger partial charge in [-0.3, -0.25) is 20.3 Å². The number of hydrogen-bond donors (Lipinski definition) is 2. The van der Waals surface area contributed by atoms with E-state index in [9.17, 15) is 9.59 Å². The zero-order chi connectivity index (χ0) is 17.0. The Morgan fingerprint density at radius 2 is 2.00 bits per heavy atom. The molecule has 0 unspecified atom stereocenters. The summed E-state index contributed by atoms with van der Waals surface area (Å²) >= 11 is 0. The number of carbonyl (C=O) groups excluding carboxylic acids is 2. The second-order valence-electron chi connectivity index (χ2n) is 5.38. The van der Waals surface area contributed by atoms with Gasteiger partial charge in [-0.25, -0.2) is 4.79 Å². The molecule has 7 heteroatoms. The van der Waals surface area contributed by atoms with Crippen LogP contribution in [0.4, 0.5) is 5.69 Å². The number of rotatable bonds is 5. The summed E-state index contributed by atoms with van der Waals surface area (Å²) in [5.41, 5.74) is 7.45. The van der Waals surface area contributed by atoms with Gasteiger partial charge in [0, 0.05) is 12.2 Å². The molecule has 1 aromatic heterocycles. The minimum absolute atomic E-state index is 0.184. The number of carbonyl (C=O) groups is 2. The fraction of sp³-hybridized carbons (Fsp3) is 0.312. The molecule has 1 aromatic carbocycles. The zero-order valence-electron chi connectivity index (χ0n) is 13.6. The van der Waals surface area contributed by atoms with Crippen molar-refractivity contribution in [2.45, 2.75) is 26.8 Å². The average Bonchev–Trinajstić information content (AvgIpc) is 3.03. The maximum absolute atomic E-state index is 12.1. The molecular weight excluding hydrogens is 296 g/mol. The van der Waals surface area contributed by atoms with E-state index in [1.54, 1.807) is 35.1 Å². The molecule has 0 aliphatic carbocycles. The van der Waals surface area contributed by atoms with Gasteiger partial charge in [-0.15, -0.1) is 0 Å². The van der Waals surface area contributed by atoms with E-state index in [0.29, 0.717) is 16.9 Å². The molecule has 1 amide bonds. The molecule has 0 aliphatic heterocycles. The monoisotopic (exact) mass is 316 g/mol. The Balaban J connectivity index is 2.05. The van der Waals surface area contributed by atoms with Crippen LogP contribution in [0.15, 0.2) is 30.5 Å². The Morgan fingerprint density at radius 1 is 1.26 bits per heavy atom. The van der Waals surface area contributed by atoms with E-state index >= 15 is 0 Å². The molecule has 0 saturated heterocycles. The highest BCUT2D eigenvalue weighted by molar-refractivity contribution is 5.94. The summed E-state index contributed by atoms with van der Waals surface area (Å²) in [6, 6.07) is 6.98. The highest BCUT2D eigenvalue weighted by Crippen LogP contribution is 2.15. The summed E-state index contributed by atoms with van der Waals surface area (Å²) in [5.74, 6) is -0.780. The topological polar surface area (TPSA) is 85.3 Å². The number of benzene rings is 1. The normalized spacial score (nSPS) is 10.5. The van der Waals surface area contributed by atoms with Crippen LogP contribution in [0.5, 0.6) is 0 Å². The molecule has 0 saturated carbocycles. The lowest BCUT2D eigenvalue weighted by Crippen LogP contribution is -2.30. The number of aryl methyl sites for hydroxylation is 1. The maximum atomic E-state index is 12.1.